The highest BCUT2D eigenvalue weighted by Gasteiger charge is 2.27. The zero-order valence-electron chi connectivity index (χ0n) is 11.4. The average molecular weight is 276 g/mol. The van der Waals surface area contributed by atoms with Gasteiger partial charge in [-0.15, -0.1) is 0 Å². The molecule has 0 unspecified atom stereocenters. The summed E-state index contributed by atoms with van der Waals surface area (Å²) < 4.78 is 5.16. The lowest BCUT2D eigenvalue weighted by atomic mass is 10.1. The predicted molar refractivity (Wildman–Crippen MR) is 75.7 cm³/mol. The first-order valence-corrected chi connectivity index (χ1v) is 7.12. The van der Waals surface area contributed by atoms with Crippen molar-refractivity contribution in [3.8, 4) is 0 Å². The van der Waals surface area contributed by atoms with Crippen LogP contribution in [0.4, 0.5) is 5.69 Å². The molecule has 5 heteroatoms. The molecule has 0 saturated carbocycles. The molecule has 0 aliphatic carbocycles. The highest BCUT2D eigenvalue weighted by molar-refractivity contribution is 5.82. The molecule has 20 heavy (non-hydrogen) atoms. The molecular weight excluding hydrogens is 256 g/mol. The molecule has 3 rings (SSSR count). The van der Waals surface area contributed by atoms with E-state index in [4.69, 9.17) is 4.74 Å². The zero-order valence-corrected chi connectivity index (χ0v) is 11.4. The SMILES string of the molecule is O=C(CN1CCc2ccccc21)N[C@@H]1CCOC[C@H]1O. The molecule has 0 bridgehead atoms. The maximum absolute atomic E-state index is 12.1. The minimum Gasteiger partial charge on any atom is -0.389 e. The van der Waals surface area contributed by atoms with E-state index >= 15 is 0 Å². The van der Waals surface area contributed by atoms with E-state index in [1.54, 1.807) is 0 Å². The molecule has 1 aromatic rings. The molecule has 108 valence electrons. The minimum absolute atomic E-state index is 0.0346. The molecule has 2 heterocycles. The lowest BCUT2D eigenvalue weighted by molar-refractivity contribution is -0.123. The Labute approximate surface area is 118 Å². The van der Waals surface area contributed by atoms with Crippen LogP contribution in [0.25, 0.3) is 0 Å². The molecule has 1 amide bonds. The lowest BCUT2D eigenvalue weighted by Gasteiger charge is -2.29. The number of ether oxygens (including phenoxy) is 1. The number of carbonyl (C=O) groups is 1. The van der Waals surface area contributed by atoms with Crippen molar-refractivity contribution in [2.75, 3.05) is 31.2 Å². The fourth-order valence-corrected chi connectivity index (χ4v) is 2.89. The Morgan fingerprint density at radius 3 is 3.15 bits per heavy atom. The summed E-state index contributed by atoms with van der Waals surface area (Å²) >= 11 is 0. The van der Waals surface area contributed by atoms with E-state index in [0.29, 0.717) is 26.2 Å². The van der Waals surface area contributed by atoms with E-state index in [1.807, 2.05) is 12.1 Å². The fourth-order valence-electron chi connectivity index (χ4n) is 2.89. The number of aliphatic hydroxyl groups excluding tert-OH is 1. The second-order valence-electron chi connectivity index (χ2n) is 5.41. The van der Waals surface area contributed by atoms with E-state index < -0.39 is 6.10 Å². The van der Waals surface area contributed by atoms with Crippen LogP contribution >= 0.6 is 0 Å². The van der Waals surface area contributed by atoms with Gasteiger partial charge in [-0.05, 0) is 24.5 Å². The van der Waals surface area contributed by atoms with Crippen LogP contribution in [0.1, 0.15) is 12.0 Å². The van der Waals surface area contributed by atoms with Crippen molar-refractivity contribution in [2.24, 2.45) is 0 Å². The zero-order chi connectivity index (χ0) is 13.9. The van der Waals surface area contributed by atoms with Gasteiger partial charge in [0.25, 0.3) is 0 Å². The molecule has 1 aromatic carbocycles. The number of anilines is 1. The Morgan fingerprint density at radius 1 is 1.45 bits per heavy atom. The first-order chi connectivity index (χ1) is 9.74. The quantitative estimate of drug-likeness (QED) is 0.834. The smallest absolute Gasteiger partial charge is 0.239 e. The summed E-state index contributed by atoms with van der Waals surface area (Å²) in [7, 11) is 0. The maximum atomic E-state index is 12.1. The van der Waals surface area contributed by atoms with Crippen LogP contribution in [0.5, 0.6) is 0 Å². The van der Waals surface area contributed by atoms with E-state index in [0.717, 1.165) is 18.7 Å². The summed E-state index contributed by atoms with van der Waals surface area (Å²) in [6.07, 6.45) is 1.06. The number of hydrogen-bond donors (Lipinski definition) is 2. The molecule has 1 fully saturated rings. The van der Waals surface area contributed by atoms with Crippen molar-refractivity contribution < 1.29 is 14.6 Å². The van der Waals surface area contributed by atoms with Gasteiger partial charge < -0.3 is 20.1 Å². The van der Waals surface area contributed by atoms with E-state index in [2.05, 4.69) is 22.3 Å². The first-order valence-electron chi connectivity index (χ1n) is 7.12. The van der Waals surface area contributed by atoms with Crippen LogP contribution in [-0.4, -0.2) is 49.5 Å². The third-order valence-electron chi connectivity index (χ3n) is 3.99. The van der Waals surface area contributed by atoms with Crippen molar-refractivity contribution in [1.82, 2.24) is 5.32 Å². The summed E-state index contributed by atoms with van der Waals surface area (Å²) in [5.41, 5.74) is 2.45. The number of nitrogens with one attached hydrogen (secondary N) is 1. The molecule has 5 nitrogen and oxygen atoms in total. The number of rotatable bonds is 3. The maximum Gasteiger partial charge on any atom is 0.239 e. The molecular formula is C15H20N2O3. The average Bonchev–Trinajstić information content (AvgIpc) is 2.85. The van der Waals surface area contributed by atoms with Crippen molar-refractivity contribution in [3.63, 3.8) is 0 Å². The van der Waals surface area contributed by atoms with Crippen LogP contribution in [0.2, 0.25) is 0 Å². The number of amides is 1. The molecule has 0 spiro atoms. The standard InChI is InChI=1S/C15H20N2O3/c18-14-10-20-8-6-12(14)16-15(19)9-17-7-5-11-3-1-2-4-13(11)17/h1-4,12,14,18H,5-10H2,(H,16,19)/t12-,14-/m1/s1. The van der Waals surface area contributed by atoms with Gasteiger partial charge in [0.2, 0.25) is 5.91 Å². The van der Waals surface area contributed by atoms with Crippen LogP contribution in [-0.2, 0) is 16.0 Å². The monoisotopic (exact) mass is 276 g/mol. The number of fused-ring (bicyclic) bond motifs is 1. The molecule has 2 N–H and O–H groups in total. The largest absolute Gasteiger partial charge is 0.389 e. The summed E-state index contributed by atoms with van der Waals surface area (Å²) in [4.78, 5) is 14.2. The van der Waals surface area contributed by atoms with Gasteiger partial charge in [0, 0.05) is 18.8 Å². The van der Waals surface area contributed by atoms with Gasteiger partial charge in [-0.1, -0.05) is 18.2 Å². The summed E-state index contributed by atoms with van der Waals surface area (Å²) in [6.45, 7) is 2.12. The van der Waals surface area contributed by atoms with Crippen molar-refractivity contribution in [1.29, 1.82) is 0 Å². The topological polar surface area (TPSA) is 61.8 Å². The third-order valence-corrected chi connectivity index (χ3v) is 3.99. The van der Waals surface area contributed by atoms with Crippen LogP contribution in [0.15, 0.2) is 24.3 Å². The normalized spacial score (nSPS) is 25.4. The number of para-hydroxylation sites is 1. The number of carbonyl (C=O) groups excluding carboxylic acids is 1. The van der Waals surface area contributed by atoms with Gasteiger partial charge in [-0.25, -0.2) is 0 Å². The Kier molecular flexibility index (Phi) is 3.89. The van der Waals surface area contributed by atoms with Crippen LogP contribution in [0, 0.1) is 0 Å². The Balaban J connectivity index is 1.57. The minimum atomic E-state index is -0.599. The fraction of sp³-hybridized carbons (Fsp3) is 0.533. The van der Waals surface area contributed by atoms with Gasteiger partial charge in [0.05, 0.1) is 25.3 Å². The van der Waals surface area contributed by atoms with Crippen LogP contribution < -0.4 is 10.2 Å². The summed E-state index contributed by atoms with van der Waals surface area (Å²) in [5.74, 6) is -0.0346. The van der Waals surface area contributed by atoms with Crippen molar-refractivity contribution in [3.05, 3.63) is 29.8 Å². The third kappa shape index (κ3) is 2.78. The van der Waals surface area contributed by atoms with Crippen LogP contribution in [0.3, 0.4) is 0 Å². The lowest BCUT2D eigenvalue weighted by Crippen LogP contribution is -2.51. The summed E-state index contributed by atoms with van der Waals surface area (Å²) in [5, 5.41) is 12.7. The molecule has 2 atom stereocenters. The molecule has 1 saturated heterocycles. The highest BCUT2D eigenvalue weighted by atomic mass is 16.5. The molecule has 0 aromatic heterocycles. The Bertz CT molecular complexity index is 492. The Hall–Kier alpha value is -1.59. The highest BCUT2D eigenvalue weighted by Crippen LogP contribution is 2.26. The van der Waals surface area contributed by atoms with E-state index in [1.165, 1.54) is 5.56 Å². The number of hydrogen-bond acceptors (Lipinski definition) is 4. The van der Waals surface area contributed by atoms with E-state index in [9.17, 15) is 9.90 Å². The van der Waals surface area contributed by atoms with Crippen molar-refractivity contribution >= 4 is 11.6 Å². The van der Waals surface area contributed by atoms with Gasteiger partial charge >= 0.3 is 0 Å². The van der Waals surface area contributed by atoms with Gasteiger partial charge in [-0.2, -0.15) is 0 Å². The van der Waals surface area contributed by atoms with Gasteiger partial charge in [-0.3, -0.25) is 4.79 Å². The summed E-state index contributed by atoms with van der Waals surface area (Å²) in [6, 6.07) is 8.00. The second kappa shape index (κ2) is 5.81. The Morgan fingerprint density at radius 2 is 2.30 bits per heavy atom. The number of nitrogens with zero attached hydrogens (tertiary/aromatic N) is 1. The van der Waals surface area contributed by atoms with Gasteiger partial charge in [0.15, 0.2) is 0 Å². The van der Waals surface area contributed by atoms with Crippen molar-refractivity contribution in [2.45, 2.75) is 25.0 Å². The predicted octanol–water partition coefficient (Wildman–Crippen LogP) is 0.315. The molecule has 2 aliphatic heterocycles. The number of benzene rings is 1. The van der Waals surface area contributed by atoms with E-state index in [-0.39, 0.29) is 11.9 Å². The first kappa shape index (κ1) is 13.4. The molecule has 0 radical (unpaired) electrons. The number of aliphatic hydroxyl groups is 1. The van der Waals surface area contributed by atoms with Gasteiger partial charge in [0.1, 0.15) is 0 Å². The second-order valence-corrected chi connectivity index (χ2v) is 5.41. The molecule has 2 aliphatic rings.